The van der Waals surface area contributed by atoms with E-state index in [4.69, 9.17) is 4.74 Å². The lowest BCUT2D eigenvalue weighted by molar-refractivity contribution is 0.0600. The van der Waals surface area contributed by atoms with Gasteiger partial charge < -0.3 is 10.1 Å². The number of amides is 1. The lowest BCUT2D eigenvalue weighted by Gasteiger charge is -2.11. The first kappa shape index (κ1) is 24.0. The van der Waals surface area contributed by atoms with Gasteiger partial charge >= 0.3 is 5.97 Å². The molecule has 0 unspecified atom stereocenters. The number of hydrogen-bond acceptors (Lipinski definition) is 4. The first-order valence-corrected chi connectivity index (χ1v) is 11.2. The fourth-order valence-corrected chi connectivity index (χ4v) is 3.95. The number of hydrogen-bond donors (Lipinski definition) is 1. The molecule has 35 heavy (non-hydrogen) atoms. The standard InChI is InChI=1S/C28H24F2N2O3/c1-35-28(34)20-7-2-5-18(15-20)6-4-14-31-27(33)23-8-3-9-24(30)26(23)25-16-21(17-32-25)19-10-12-22(29)13-11-19/h2-3,5,7-13,15-16H,4,6,14,17H2,1H3,(H,31,33). The molecule has 3 aromatic carbocycles. The number of carbonyl (C=O) groups is 2. The van der Waals surface area contributed by atoms with Crippen LogP contribution in [-0.2, 0) is 11.2 Å². The van der Waals surface area contributed by atoms with Crippen LogP contribution in [0.4, 0.5) is 8.78 Å². The number of benzene rings is 3. The van der Waals surface area contributed by atoms with Crippen molar-refractivity contribution in [2.24, 2.45) is 4.99 Å². The Kier molecular flexibility index (Phi) is 7.45. The molecule has 0 fully saturated rings. The molecule has 3 aromatic rings. The molecule has 0 spiro atoms. The Morgan fingerprint density at radius 3 is 2.57 bits per heavy atom. The molecule has 0 atom stereocenters. The zero-order chi connectivity index (χ0) is 24.8. The number of ether oxygens (including phenoxy) is 1. The van der Waals surface area contributed by atoms with E-state index in [2.05, 4.69) is 10.3 Å². The molecule has 5 nitrogen and oxygen atoms in total. The van der Waals surface area contributed by atoms with Crippen LogP contribution in [-0.4, -0.2) is 37.8 Å². The number of aliphatic imine (C=N–C) groups is 1. The maximum atomic E-state index is 14.8. The minimum absolute atomic E-state index is 0.146. The molecule has 0 aromatic heterocycles. The third kappa shape index (κ3) is 5.69. The molecule has 4 rings (SSSR count). The quantitative estimate of drug-likeness (QED) is 0.369. The molecule has 7 heteroatoms. The summed E-state index contributed by atoms with van der Waals surface area (Å²) in [5.74, 6) is -1.66. The molecular weight excluding hydrogens is 450 g/mol. The normalized spacial score (nSPS) is 12.7. The lowest BCUT2D eigenvalue weighted by Crippen LogP contribution is -2.27. The summed E-state index contributed by atoms with van der Waals surface area (Å²) < 4.78 is 32.8. The number of esters is 1. The van der Waals surface area contributed by atoms with E-state index in [9.17, 15) is 18.4 Å². The average molecular weight is 475 g/mol. The molecule has 0 saturated carbocycles. The van der Waals surface area contributed by atoms with Crippen LogP contribution < -0.4 is 5.32 Å². The first-order valence-electron chi connectivity index (χ1n) is 11.2. The molecule has 0 aliphatic carbocycles. The largest absolute Gasteiger partial charge is 0.465 e. The van der Waals surface area contributed by atoms with Crippen LogP contribution in [0.3, 0.4) is 0 Å². The molecule has 1 aliphatic heterocycles. The number of nitrogens with zero attached hydrogens (tertiary/aromatic N) is 1. The van der Waals surface area contributed by atoms with E-state index in [0.29, 0.717) is 37.2 Å². The zero-order valence-corrected chi connectivity index (χ0v) is 19.2. The smallest absolute Gasteiger partial charge is 0.337 e. The van der Waals surface area contributed by atoms with Crippen LogP contribution in [0, 0.1) is 11.6 Å². The van der Waals surface area contributed by atoms with Gasteiger partial charge in [0.25, 0.3) is 5.91 Å². The van der Waals surface area contributed by atoms with Gasteiger partial charge in [0.2, 0.25) is 0 Å². The maximum absolute atomic E-state index is 14.8. The van der Waals surface area contributed by atoms with E-state index in [-0.39, 0.29) is 16.9 Å². The van der Waals surface area contributed by atoms with Crippen LogP contribution in [0.25, 0.3) is 5.57 Å². The predicted octanol–water partition coefficient (Wildman–Crippen LogP) is 5.00. The van der Waals surface area contributed by atoms with Gasteiger partial charge in [-0.1, -0.05) is 30.3 Å². The number of halogens is 2. The third-order valence-corrected chi connectivity index (χ3v) is 5.74. The Bertz CT molecular complexity index is 1310. The topological polar surface area (TPSA) is 67.8 Å². The van der Waals surface area contributed by atoms with Gasteiger partial charge in [-0.2, -0.15) is 0 Å². The van der Waals surface area contributed by atoms with Gasteiger partial charge in [-0.05, 0) is 72.0 Å². The van der Waals surface area contributed by atoms with E-state index in [1.165, 1.54) is 31.4 Å². The molecule has 0 bridgehead atoms. The Balaban J connectivity index is 1.42. The van der Waals surface area contributed by atoms with Crippen molar-refractivity contribution < 1.29 is 23.1 Å². The highest BCUT2D eigenvalue weighted by Crippen LogP contribution is 2.25. The Labute approximate surface area is 202 Å². The van der Waals surface area contributed by atoms with Crippen molar-refractivity contribution in [2.75, 3.05) is 20.2 Å². The van der Waals surface area contributed by atoms with Crippen molar-refractivity contribution in [1.29, 1.82) is 0 Å². The highest BCUT2D eigenvalue weighted by molar-refractivity contribution is 6.19. The van der Waals surface area contributed by atoms with Crippen LogP contribution in [0.15, 0.2) is 77.8 Å². The number of nitrogens with one attached hydrogen (secondary N) is 1. The SMILES string of the molecule is COC(=O)c1cccc(CCCNC(=O)c2cccc(F)c2C2=NCC(c3ccc(F)cc3)=C2)c1. The molecular formula is C28H24F2N2O3. The summed E-state index contributed by atoms with van der Waals surface area (Å²) in [5, 5.41) is 2.84. The molecule has 178 valence electrons. The fourth-order valence-electron chi connectivity index (χ4n) is 3.95. The zero-order valence-electron chi connectivity index (χ0n) is 19.2. The molecule has 1 N–H and O–H groups in total. The van der Waals surface area contributed by atoms with Gasteiger partial charge in [0.15, 0.2) is 0 Å². The molecule has 1 amide bonds. The number of methoxy groups -OCH3 is 1. The second-order valence-corrected chi connectivity index (χ2v) is 8.09. The number of aryl methyl sites for hydroxylation is 1. The highest BCUT2D eigenvalue weighted by atomic mass is 19.1. The van der Waals surface area contributed by atoms with Gasteiger partial charge in [0.1, 0.15) is 11.6 Å². The summed E-state index contributed by atoms with van der Waals surface area (Å²) in [7, 11) is 1.34. The molecule has 0 saturated heterocycles. The van der Waals surface area contributed by atoms with Crippen molar-refractivity contribution >= 4 is 23.2 Å². The van der Waals surface area contributed by atoms with Gasteiger partial charge in [-0.15, -0.1) is 0 Å². The third-order valence-electron chi connectivity index (χ3n) is 5.74. The predicted molar refractivity (Wildman–Crippen MR) is 131 cm³/mol. The van der Waals surface area contributed by atoms with Crippen molar-refractivity contribution in [1.82, 2.24) is 5.32 Å². The highest BCUT2D eigenvalue weighted by Gasteiger charge is 2.21. The van der Waals surface area contributed by atoms with E-state index in [0.717, 1.165) is 16.7 Å². The van der Waals surface area contributed by atoms with Crippen molar-refractivity contribution in [3.05, 3.63) is 112 Å². The fraction of sp³-hybridized carbons (Fsp3) is 0.179. The lowest BCUT2D eigenvalue weighted by atomic mass is 9.99. The van der Waals surface area contributed by atoms with Crippen LogP contribution in [0.2, 0.25) is 0 Å². The second kappa shape index (κ2) is 10.9. The Morgan fingerprint density at radius 2 is 1.80 bits per heavy atom. The monoisotopic (exact) mass is 474 g/mol. The summed E-state index contributed by atoms with van der Waals surface area (Å²) in [6.45, 7) is 0.696. The summed E-state index contributed by atoms with van der Waals surface area (Å²) in [4.78, 5) is 29.0. The molecule has 1 aliphatic rings. The minimum atomic E-state index is -0.535. The second-order valence-electron chi connectivity index (χ2n) is 8.09. The van der Waals surface area contributed by atoms with Crippen molar-refractivity contribution in [2.45, 2.75) is 12.8 Å². The van der Waals surface area contributed by atoms with Crippen molar-refractivity contribution in [3.63, 3.8) is 0 Å². The summed E-state index contributed by atoms with van der Waals surface area (Å²) in [6, 6.07) is 17.5. The van der Waals surface area contributed by atoms with Crippen LogP contribution >= 0.6 is 0 Å². The van der Waals surface area contributed by atoms with Crippen molar-refractivity contribution in [3.8, 4) is 0 Å². The van der Waals surface area contributed by atoms with Gasteiger partial charge in [-0.3, -0.25) is 9.79 Å². The number of rotatable bonds is 8. The maximum Gasteiger partial charge on any atom is 0.337 e. The minimum Gasteiger partial charge on any atom is -0.465 e. The summed E-state index contributed by atoms with van der Waals surface area (Å²) in [6.07, 6.45) is 3.02. The summed E-state index contributed by atoms with van der Waals surface area (Å²) in [5.41, 5.74) is 3.77. The van der Waals surface area contributed by atoms with Gasteiger partial charge in [0.05, 0.1) is 30.5 Å². The molecule has 0 radical (unpaired) electrons. The summed E-state index contributed by atoms with van der Waals surface area (Å²) >= 11 is 0. The van der Waals surface area contributed by atoms with Gasteiger partial charge in [-0.25, -0.2) is 13.6 Å². The molecule has 1 heterocycles. The average Bonchev–Trinajstić information content (AvgIpc) is 3.36. The number of allylic oxidation sites excluding steroid dienone is 1. The Morgan fingerprint density at radius 1 is 1.03 bits per heavy atom. The number of carbonyl (C=O) groups excluding carboxylic acids is 2. The van der Waals surface area contributed by atoms with Crippen LogP contribution in [0.5, 0.6) is 0 Å². The van der Waals surface area contributed by atoms with Crippen LogP contribution in [0.1, 0.15) is 43.8 Å². The van der Waals surface area contributed by atoms with E-state index < -0.39 is 17.7 Å². The van der Waals surface area contributed by atoms with E-state index in [1.807, 2.05) is 6.07 Å². The first-order chi connectivity index (χ1) is 17.0. The van der Waals surface area contributed by atoms with E-state index in [1.54, 1.807) is 42.5 Å². The van der Waals surface area contributed by atoms with E-state index >= 15 is 0 Å². The van der Waals surface area contributed by atoms with Gasteiger partial charge in [0, 0.05) is 12.1 Å². The Hall–Kier alpha value is -4.13.